The van der Waals surface area contributed by atoms with E-state index in [4.69, 9.17) is 15.2 Å². The number of hydrogen-bond donors (Lipinski definition) is 1. The first-order valence-electron chi connectivity index (χ1n) is 5.99. The summed E-state index contributed by atoms with van der Waals surface area (Å²) in [6, 6.07) is 11.2. The van der Waals surface area contributed by atoms with E-state index in [9.17, 15) is 0 Å². The molecular formula is C14H17N3O2. The molecule has 2 N–H and O–H groups in total. The van der Waals surface area contributed by atoms with Crippen LogP contribution in [0, 0.1) is 0 Å². The topological polar surface area (TPSA) is 70.3 Å². The maximum Gasteiger partial charge on any atom is 0.233 e. The van der Waals surface area contributed by atoms with Crippen molar-refractivity contribution in [2.45, 2.75) is 12.5 Å². The van der Waals surface area contributed by atoms with Gasteiger partial charge < -0.3 is 15.2 Å². The summed E-state index contributed by atoms with van der Waals surface area (Å²) in [6.45, 7) is 0. The van der Waals surface area contributed by atoms with Gasteiger partial charge in [-0.3, -0.25) is 0 Å². The van der Waals surface area contributed by atoms with Crippen LogP contribution in [0.4, 0.5) is 0 Å². The second-order valence-corrected chi connectivity index (χ2v) is 4.16. The van der Waals surface area contributed by atoms with Gasteiger partial charge in [0.2, 0.25) is 5.88 Å². The van der Waals surface area contributed by atoms with Crippen molar-refractivity contribution in [2.75, 3.05) is 14.2 Å². The number of aromatic nitrogens is 2. The van der Waals surface area contributed by atoms with Crippen LogP contribution >= 0.6 is 0 Å². The molecule has 19 heavy (non-hydrogen) atoms. The van der Waals surface area contributed by atoms with Gasteiger partial charge in [-0.2, -0.15) is 5.10 Å². The van der Waals surface area contributed by atoms with Gasteiger partial charge in [-0.15, -0.1) is 5.10 Å². The first-order valence-corrected chi connectivity index (χ1v) is 5.99. The first kappa shape index (κ1) is 13.3. The summed E-state index contributed by atoms with van der Waals surface area (Å²) >= 11 is 0. The predicted octanol–water partition coefficient (Wildman–Crippen LogP) is 1.74. The van der Waals surface area contributed by atoms with Crippen LogP contribution < -0.4 is 15.2 Å². The van der Waals surface area contributed by atoms with Crippen LogP contribution in [0.15, 0.2) is 36.4 Å². The zero-order valence-corrected chi connectivity index (χ0v) is 11.0. The Labute approximate surface area is 112 Å². The molecular weight excluding hydrogens is 242 g/mol. The Kier molecular flexibility index (Phi) is 4.30. The number of nitrogens with two attached hydrogens (primary N) is 1. The molecule has 0 bridgehead atoms. The molecule has 1 unspecified atom stereocenters. The van der Waals surface area contributed by atoms with Crippen molar-refractivity contribution in [3.05, 3.63) is 47.7 Å². The molecule has 0 fully saturated rings. The molecule has 1 aromatic carbocycles. The van der Waals surface area contributed by atoms with Gasteiger partial charge in [0.1, 0.15) is 5.75 Å². The summed E-state index contributed by atoms with van der Waals surface area (Å²) in [5.74, 6) is 1.31. The van der Waals surface area contributed by atoms with Crippen molar-refractivity contribution < 1.29 is 9.47 Å². The van der Waals surface area contributed by atoms with Crippen LogP contribution in [-0.4, -0.2) is 24.4 Å². The molecule has 100 valence electrons. The van der Waals surface area contributed by atoms with Crippen LogP contribution in [0.2, 0.25) is 0 Å². The van der Waals surface area contributed by atoms with Crippen LogP contribution in [0.1, 0.15) is 17.3 Å². The highest BCUT2D eigenvalue weighted by Gasteiger charge is 2.10. The highest BCUT2D eigenvalue weighted by Crippen LogP contribution is 2.18. The Morgan fingerprint density at radius 1 is 1.11 bits per heavy atom. The first-order chi connectivity index (χ1) is 9.22. The van der Waals surface area contributed by atoms with Crippen molar-refractivity contribution in [1.82, 2.24) is 10.2 Å². The van der Waals surface area contributed by atoms with Crippen LogP contribution in [0.5, 0.6) is 11.6 Å². The second kappa shape index (κ2) is 6.15. The van der Waals surface area contributed by atoms with Gasteiger partial charge in [-0.25, -0.2) is 0 Å². The molecule has 2 rings (SSSR count). The lowest BCUT2D eigenvalue weighted by molar-refractivity contribution is 0.390. The molecule has 0 amide bonds. The fraction of sp³-hybridized carbons (Fsp3) is 0.286. The van der Waals surface area contributed by atoms with Gasteiger partial charge in [-0.05, 0) is 30.2 Å². The normalized spacial score (nSPS) is 11.9. The molecule has 1 aromatic heterocycles. The quantitative estimate of drug-likeness (QED) is 0.885. The van der Waals surface area contributed by atoms with E-state index < -0.39 is 0 Å². The maximum absolute atomic E-state index is 6.13. The van der Waals surface area contributed by atoms with E-state index in [1.165, 1.54) is 0 Å². The van der Waals surface area contributed by atoms with Gasteiger partial charge in [0.15, 0.2) is 0 Å². The molecule has 1 heterocycles. The summed E-state index contributed by atoms with van der Waals surface area (Å²) in [5, 5.41) is 7.97. The van der Waals surface area contributed by atoms with Crippen molar-refractivity contribution in [3.63, 3.8) is 0 Å². The Morgan fingerprint density at radius 2 is 1.95 bits per heavy atom. The Balaban J connectivity index is 2.08. The number of benzene rings is 1. The molecule has 0 saturated heterocycles. The Hall–Kier alpha value is -2.14. The largest absolute Gasteiger partial charge is 0.497 e. The molecule has 0 spiro atoms. The van der Waals surface area contributed by atoms with Crippen LogP contribution in [-0.2, 0) is 6.42 Å². The third-order valence-electron chi connectivity index (χ3n) is 2.84. The van der Waals surface area contributed by atoms with Crippen molar-refractivity contribution in [2.24, 2.45) is 5.73 Å². The number of rotatable bonds is 5. The van der Waals surface area contributed by atoms with E-state index in [-0.39, 0.29) is 6.04 Å². The number of nitrogens with zero attached hydrogens (tertiary/aromatic N) is 2. The van der Waals surface area contributed by atoms with Crippen molar-refractivity contribution in [3.8, 4) is 11.6 Å². The molecule has 5 nitrogen and oxygen atoms in total. The summed E-state index contributed by atoms with van der Waals surface area (Å²) in [5.41, 5.74) is 7.97. The van der Waals surface area contributed by atoms with E-state index in [1.54, 1.807) is 20.3 Å². The van der Waals surface area contributed by atoms with Gasteiger partial charge in [0.05, 0.1) is 26.0 Å². The van der Waals surface area contributed by atoms with Gasteiger partial charge >= 0.3 is 0 Å². The maximum atomic E-state index is 6.13. The minimum absolute atomic E-state index is 0.203. The lowest BCUT2D eigenvalue weighted by Gasteiger charge is -2.11. The molecule has 0 aliphatic rings. The van der Waals surface area contributed by atoms with E-state index >= 15 is 0 Å². The van der Waals surface area contributed by atoms with Gasteiger partial charge in [-0.1, -0.05) is 12.1 Å². The number of ether oxygens (including phenoxy) is 2. The molecule has 0 aliphatic heterocycles. The van der Waals surface area contributed by atoms with E-state index in [0.717, 1.165) is 17.0 Å². The van der Waals surface area contributed by atoms with Crippen LogP contribution in [0.25, 0.3) is 0 Å². The van der Waals surface area contributed by atoms with Crippen molar-refractivity contribution in [1.29, 1.82) is 0 Å². The third kappa shape index (κ3) is 3.42. The van der Waals surface area contributed by atoms with Gasteiger partial charge in [0, 0.05) is 6.07 Å². The average molecular weight is 259 g/mol. The minimum Gasteiger partial charge on any atom is -0.497 e. The molecule has 2 aromatic rings. The SMILES string of the molecule is COc1cccc(CC(N)c2ccc(OC)nn2)c1. The lowest BCUT2D eigenvalue weighted by Crippen LogP contribution is -2.15. The third-order valence-corrected chi connectivity index (χ3v) is 2.84. The highest BCUT2D eigenvalue weighted by molar-refractivity contribution is 5.29. The fourth-order valence-corrected chi connectivity index (χ4v) is 1.79. The zero-order chi connectivity index (χ0) is 13.7. The Bertz CT molecular complexity index is 528. The second-order valence-electron chi connectivity index (χ2n) is 4.16. The van der Waals surface area contributed by atoms with Gasteiger partial charge in [0.25, 0.3) is 0 Å². The predicted molar refractivity (Wildman–Crippen MR) is 72.2 cm³/mol. The van der Waals surface area contributed by atoms with Crippen LogP contribution in [0.3, 0.4) is 0 Å². The van der Waals surface area contributed by atoms with E-state index in [0.29, 0.717) is 12.3 Å². The number of methoxy groups -OCH3 is 2. The molecule has 5 heteroatoms. The van der Waals surface area contributed by atoms with E-state index in [1.807, 2.05) is 30.3 Å². The molecule has 0 saturated carbocycles. The lowest BCUT2D eigenvalue weighted by atomic mass is 10.0. The minimum atomic E-state index is -0.203. The monoisotopic (exact) mass is 259 g/mol. The van der Waals surface area contributed by atoms with E-state index in [2.05, 4.69) is 10.2 Å². The summed E-state index contributed by atoms with van der Waals surface area (Å²) in [6.07, 6.45) is 0.679. The molecule has 0 aliphatic carbocycles. The standard InChI is InChI=1S/C14H17N3O2/c1-18-11-5-3-4-10(8-11)9-12(15)13-6-7-14(19-2)17-16-13/h3-8,12H,9,15H2,1-2H3. The number of hydrogen-bond acceptors (Lipinski definition) is 5. The highest BCUT2D eigenvalue weighted by atomic mass is 16.5. The summed E-state index contributed by atoms with van der Waals surface area (Å²) < 4.78 is 10.2. The smallest absolute Gasteiger partial charge is 0.233 e. The average Bonchev–Trinajstić information content (AvgIpc) is 2.47. The zero-order valence-electron chi connectivity index (χ0n) is 11.0. The Morgan fingerprint density at radius 3 is 2.58 bits per heavy atom. The molecule has 1 atom stereocenters. The summed E-state index contributed by atoms with van der Waals surface area (Å²) in [4.78, 5) is 0. The fourth-order valence-electron chi connectivity index (χ4n) is 1.79. The molecule has 0 radical (unpaired) electrons. The summed E-state index contributed by atoms with van der Waals surface area (Å²) in [7, 11) is 3.20. The van der Waals surface area contributed by atoms with Crippen molar-refractivity contribution >= 4 is 0 Å².